The molecule has 19 heavy (non-hydrogen) atoms. The van der Waals surface area contributed by atoms with E-state index in [1.165, 1.54) is 19.1 Å². The minimum Gasteiger partial charge on any atom is -0.392 e. The Morgan fingerprint density at radius 3 is 2.68 bits per heavy atom. The van der Waals surface area contributed by atoms with Crippen molar-refractivity contribution in [3.8, 4) is 0 Å². The largest absolute Gasteiger partial charge is 0.392 e. The van der Waals surface area contributed by atoms with Crippen LogP contribution in [0.15, 0.2) is 17.0 Å². The predicted molar refractivity (Wildman–Crippen MR) is 75.2 cm³/mol. The van der Waals surface area contributed by atoms with Crippen LogP contribution < -0.4 is 4.72 Å². The van der Waals surface area contributed by atoms with Gasteiger partial charge < -0.3 is 5.11 Å². The van der Waals surface area contributed by atoms with Crippen LogP contribution in [0.2, 0.25) is 0 Å². The fraction of sp³-hybridized carbons (Fsp3) is 0.500. The molecule has 0 aliphatic heterocycles. The van der Waals surface area contributed by atoms with E-state index in [4.69, 9.17) is 5.11 Å². The average Bonchev–Trinajstić information content (AvgIpc) is 2.37. The highest BCUT2D eigenvalue weighted by atomic mass is 32.2. The van der Waals surface area contributed by atoms with Crippen molar-refractivity contribution in [2.75, 3.05) is 18.6 Å². The fourth-order valence-corrected chi connectivity index (χ4v) is 3.23. The zero-order valence-electron chi connectivity index (χ0n) is 10.9. The number of benzene rings is 1. The van der Waals surface area contributed by atoms with Crippen molar-refractivity contribution in [1.82, 2.24) is 4.72 Å². The summed E-state index contributed by atoms with van der Waals surface area (Å²) in [6.07, 6.45) is 2.68. The Morgan fingerprint density at radius 1 is 1.42 bits per heavy atom. The van der Waals surface area contributed by atoms with E-state index in [-0.39, 0.29) is 16.0 Å². The third kappa shape index (κ3) is 4.45. The molecule has 0 saturated heterocycles. The Balaban J connectivity index is 2.92. The van der Waals surface area contributed by atoms with Gasteiger partial charge in [-0.25, -0.2) is 17.5 Å². The lowest BCUT2D eigenvalue weighted by molar-refractivity contribution is 0.275. The molecule has 0 heterocycles. The maximum Gasteiger partial charge on any atom is 0.240 e. The summed E-state index contributed by atoms with van der Waals surface area (Å²) in [6, 6.07) is 2.44. The first-order chi connectivity index (χ1) is 8.92. The maximum absolute atomic E-state index is 13.5. The summed E-state index contributed by atoms with van der Waals surface area (Å²) >= 11 is 1.64. The number of halogens is 1. The smallest absolute Gasteiger partial charge is 0.240 e. The number of rotatable bonds is 7. The number of aryl methyl sites for hydroxylation is 1. The summed E-state index contributed by atoms with van der Waals surface area (Å²) in [6.45, 7) is 1.29. The molecule has 0 aliphatic carbocycles. The van der Waals surface area contributed by atoms with Gasteiger partial charge in [0, 0.05) is 12.1 Å². The second-order valence-electron chi connectivity index (χ2n) is 4.12. The van der Waals surface area contributed by atoms with Gasteiger partial charge in [0.15, 0.2) is 0 Å². The number of aliphatic hydroxyl groups is 1. The molecule has 0 bridgehead atoms. The highest BCUT2D eigenvalue weighted by Crippen LogP contribution is 2.19. The van der Waals surface area contributed by atoms with Crippen LogP contribution in [0.4, 0.5) is 4.39 Å². The summed E-state index contributed by atoms with van der Waals surface area (Å²) in [5, 5.41) is 9.02. The molecule has 0 atom stereocenters. The van der Waals surface area contributed by atoms with Crippen molar-refractivity contribution in [1.29, 1.82) is 0 Å². The van der Waals surface area contributed by atoms with Crippen molar-refractivity contribution in [2.45, 2.75) is 24.8 Å². The number of nitrogens with one attached hydrogen (secondary N) is 1. The molecule has 0 spiro atoms. The highest BCUT2D eigenvalue weighted by Gasteiger charge is 2.17. The molecule has 2 N–H and O–H groups in total. The van der Waals surface area contributed by atoms with Gasteiger partial charge in [-0.15, -0.1) is 0 Å². The molecule has 0 unspecified atom stereocenters. The van der Waals surface area contributed by atoms with E-state index in [2.05, 4.69) is 4.72 Å². The Hall–Kier alpha value is -0.630. The number of sulfonamides is 1. The second kappa shape index (κ2) is 7.23. The lowest BCUT2D eigenvalue weighted by atomic mass is 10.1. The van der Waals surface area contributed by atoms with Crippen LogP contribution in [0.1, 0.15) is 17.5 Å². The molecule has 0 saturated carbocycles. The monoisotopic (exact) mass is 307 g/mol. The molecule has 108 valence electrons. The third-order valence-electron chi connectivity index (χ3n) is 2.60. The van der Waals surface area contributed by atoms with E-state index >= 15 is 0 Å². The van der Waals surface area contributed by atoms with E-state index in [1.807, 2.05) is 6.26 Å². The number of hydrogen-bond donors (Lipinski definition) is 2. The molecule has 0 amide bonds. The number of thioether (sulfide) groups is 1. The van der Waals surface area contributed by atoms with Crippen molar-refractivity contribution in [3.05, 3.63) is 29.1 Å². The van der Waals surface area contributed by atoms with Crippen LogP contribution in [-0.2, 0) is 16.6 Å². The van der Waals surface area contributed by atoms with Crippen LogP contribution in [-0.4, -0.2) is 32.1 Å². The minimum absolute atomic E-state index is 0.00973. The predicted octanol–water partition coefficient (Wildman–Crippen LogP) is 1.66. The Kier molecular flexibility index (Phi) is 6.25. The summed E-state index contributed by atoms with van der Waals surface area (Å²) < 4.78 is 40.0. The van der Waals surface area contributed by atoms with Gasteiger partial charge in [0.1, 0.15) is 5.82 Å². The lowest BCUT2D eigenvalue weighted by Gasteiger charge is -2.10. The molecule has 1 aromatic carbocycles. The van der Waals surface area contributed by atoms with Crippen molar-refractivity contribution in [3.63, 3.8) is 0 Å². The molecular formula is C12H18FNO3S2. The van der Waals surface area contributed by atoms with Crippen LogP contribution in [0, 0.1) is 12.7 Å². The number of hydrogen-bond acceptors (Lipinski definition) is 4. The topological polar surface area (TPSA) is 66.4 Å². The highest BCUT2D eigenvalue weighted by molar-refractivity contribution is 7.98. The molecule has 0 aromatic heterocycles. The summed E-state index contributed by atoms with van der Waals surface area (Å²) in [5.41, 5.74) is 0.195. The quantitative estimate of drug-likeness (QED) is 0.752. The van der Waals surface area contributed by atoms with Crippen LogP contribution in [0.5, 0.6) is 0 Å². The molecule has 0 radical (unpaired) electrons. The maximum atomic E-state index is 13.5. The lowest BCUT2D eigenvalue weighted by Crippen LogP contribution is -2.25. The standard InChI is InChI=1S/C12H18FNO3S2/c1-9-6-11(7-10(8-15)12(9)13)19(16,17)14-4-3-5-18-2/h6-7,14-15H,3-5,8H2,1-2H3. The second-order valence-corrected chi connectivity index (χ2v) is 6.87. The van der Waals surface area contributed by atoms with E-state index < -0.39 is 22.4 Å². The van der Waals surface area contributed by atoms with Crippen LogP contribution in [0.3, 0.4) is 0 Å². The van der Waals surface area contributed by atoms with E-state index in [9.17, 15) is 12.8 Å². The molecule has 1 aromatic rings. The first kappa shape index (κ1) is 16.4. The van der Waals surface area contributed by atoms with Crippen molar-refractivity contribution in [2.24, 2.45) is 0 Å². The first-order valence-electron chi connectivity index (χ1n) is 5.81. The Morgan fingerprint density at radius 2 is 2.11 bits per heavy atom. The van der Waals surface area contributed by atoms with Gasteiger partial charge in [-0.1, -0.05) is 0 Å². The van der Waals surface area contributed by atoms with Gasteiger partial charge in [0.25, 0.3) is 0 Å². The minimum atomic E-state index is -3.65. The molecule has 0 aliphatic rings. The Labute approximate surface area is 117 Å². The molecule has 1 rings (SSSR count). The van der Waals surface area contributed by atoms with Gasteiger partial charge in [-0.3, -0.25) is 0 Å². The van der Waals surface area contributed by atoms with Gasteiger partial charge in [0.05, 0.1) is 11.5 Å². The molecular weight excluding hydrogens is 289 g/mol. The van der Waals surface area contributed by atoms with Crippen molar-refractivity contribution < 1.29 is 17.9 Å². The van der Waals surface area contributed by atoms with E-state index in [1.54, 1.807) is 11.8 Å². The van der Waals surface area contributed by atoms with Crippen LogP contribution >= 0.6 is 11.8 Å². The van der Waals surface area contributed by atoms with Gasteiger partial charge in [0.2, 0.25) is 10.0 Å². The van der Waals surface area contributed by atoms with Gasteiger partial charge in [-0.2, -0.15) is 11.8 Å². The summed E-state index contributed by atoms with van der Waals surface area (Å²) in [7, 11) is -3.65. The van der Waals surface area contributed by atoms with E-state index in [0.29, 0.717) is 6.54 Å². The normalized spacial score (nSPS) is 11.8. The van der Waals surface area contributed by atoms with E-state index in [0.717, 1.165) is 12.2 Å². The average molecular weight is 307 g/mol. The molecule has 7 heteroatoms. The van der Waals surface area contributed by atoms with Gasteiger partial charge in [-0.05, 0) is 43.0 Å². The summed E-state index contributed by atoms with van der Waals surface area (Å²) in [5.74, 6) is 0.302. The van der Waals surface area contributed by atoms with Crippen molar-refractivity contribution >= 4 is 21.8 Å². The SMILES string of the molecule is CSCCCNS(=O)(=O)c1cc(C)c(F)c(CO)c1. The molecule has 4 nitrogen and oxygen atoms in total. The first-order valence-corrected chi connectivity index (χ1v) is 8.68. The zero-order valence-corrected chi connectivity index (χ0v) is 12.6. The van der Waals surface area contributed by atoms with Gasteiger partial charge >= 0.3 is 0 Å². The van der Waals surface area contributed by atoms with Crippen LogP contribution in [0.25, 0.3) is 0 Å². The summed E-state index contributed by atoms with van der Waals surface area (Å²) in [4.78, 5) is -0.0143. The fourth-order valence-electron chi connectivity index (χ4n) is 1.58. The molecule has 0 fully saturated rings. The number of aliphatic hydroxyl groups excluding tert-OH is 1. The third-order valence-corrected chi connectivity index (χ3v) is 4.74. The Bertz CT molecular complexity index is 532. The zero-order chi connectivity index (χ0) is 14.5.